The van der Waals surface area contributed by atoms with Crippen LogP contribution in [0.25, 0.3) is 0 Å². The molecule has 0 N–H and O–H groups in total. The number of alkyl halides is 3. The van der Waals surface area contributed by atoms with Crippen LogP contribution >= 0.6 is 0 Å². The number of anilines is 1. The normalized spacial score (nSPS) is 19.0. The van der Waals surface area contributed by atoms with Crippen molar-refractivity contribution >= 4 is 23.3 Å². The van der Waals surface area contributed by atoms with Crippen LogP contribution in [-0.4, -0.2) is 23.4 Å². The average molecular weight is 418 g/mol. The molecule has 2 aromatic rings. The first-order chi connectivity index (χ1) is 14.2. The third-order valence-corrected chi connectivity index (χ3v) is 5.06. The summed E-state index contributed by atoms with van der Waals surface area (Å²) < 4.78 is 44.4. The van der Waals surface area contributed by atoms with Crippen LogP contribution in [0.3, 0.4) is 0 Å². The highest BCUT2D eigenvalue weighted by Crippen LogP contribution is 2.43. The maximum absolute atomic E-state index is 13.1. The molecule has 0 saturated carbocycles. The fourth-order valence-electron chi connectivity index (χ4n) is 3.69. The summed E-state index contributed by atoms with van der Waals surface area (Å²) in [5.74, 6) is -1.88. The number of halogens is 3. The van der Waals surface area contributed by atoms with E-state index in [1.165, 1.54) is 36.4 Å². The number of nitrogens with zero attached hydrogens (tertiary/aromatic N) is 2. The molecule has 0 fully saturated rings. The van der Waals surface area contributed by atoms with Gasteiger partial charge in [-0.15, -0.1) is 0 Å². The van der Waals surface area contributed by atoms with Crippen LogP contribution in [0.2, 0.25) is 0 Å². The Bertz CT molecular complexity index is 1090. The molecular formula is C20H13F3N2O5. The number of nitro groups is 1. The number of nitro benzene ring substituents is 1. The summed E-state index contributed by atoms with van der Waals surface area (Å²) >= 11 is 0. The van der Waals surface area contributed by atoms with Crippen LogP contribution in [0, 0.1) is 10.1 Å². The first-order valence-corrected chi connectivity index (χ1v) is 8.81. The first kappa shape index (κ1) is 19.6. The number of rotatable bonds is 3. The number of benzene rings is 2. The predicted octanol–water partition coefficient (Wildman–Crippen LogP) is 3.95. The number of esters is 1. The summed E-state index contributed by atoms with van der Waals surface area (Å²) in [6.07, 6.45) is -4.78. The Kier molecular flexibility index (Phi) is 4.56. The van der Waals surface area contributed by atoms with Crippen LogP contribution in [0.15, 0.2) is 59.8 Å². The van der Waals surface area contributed by atoms with Gasteiger partial charge >= 0.3 is 12.1 Å². The Hall–Kier alpha value is -3.69. The number of hydrogen-bond acceptors (Lipinski definition) is 5. The van der Waals surface area contributed by atoms with Gasteiger partial charge in [-0.3, -0.25) is 19.8 Å². The number of carbonyl (C=O) groups is 2. The number of cyclic esters (lactones) is 1. The summed E-state index contributed by atoms with van der Waals surface area (Å²) in [6.45, 7) is -0.250. The Morgan fingerprint density at radius 2 is 1.80 bits per heavy atom. The zero-order chi connectivity index (χ0) is 21.6. The summed E-state index contributed by atoms with van der Waals surface area (Å²) in [5, 5.41) is 10.9. The maximum atomic E-state index is 13.1. The van der Waals surface area contributed by atoms with Crippen molar-refractivity contribution < 1.29 is 32.4 Å². The van der Waals surface area contributed by atoms with Crippen LogP contribution in [-0.2, 0) is 20.5 Å². The number of amides is 1. The van der Waals surface area contributed by atoms with Crippen molar-refractivity contribution in [3.8, 4) is 0 Å². The second kappa shape index (κ2) is 6.97. The fraction of sp³-hybridized carbons (Fsp3) is 0.200. The van der Waals surface area contributed by atoms with Crippen molar-refractivity contribution in [2.24, 2.45) is 0 Å². The lowest BCUT2D eigenvalue weighted by atomic mass is 9.84. The van der Waals surface area contributed by atoms with Gasteiger partial charge in [-0.25, -0.2) is 4.79 Å². The van der Waals surface area contributed by atoms with Crippen molar-refractivity contribution in [3.05, 3.63) is 81.0 Å². The molecule has 0 bridgehead atoms. The molecule has 2 heterocycles. The molecule has 2 aliphatic rings. The number of carbonyl (C=O) groups excluding carboxylic acids is 2. The molecule has 4 rings (SSSR count). The van der Waals surface area contributed by atoms with Crippen LogP contribution in [0.1, 0.15) is 23.5 Å². The third-order valence-electron chi connectivity index (χ3n) is 5.06. The topological polar surface area (TPSA) is 89.7 Å². The smallest absolute Gasteiger partial charge is 0.416 e. The summed E-state index contributed by atoms with van der Waals surface area (Å²) in [6, 6.07) is 9.71. The van der Waals surface area contributed by atoms with Gasteiger partial charge in [0.05, 0.1) is 21.8 Å². The Morgan fingerprint density at radius 3 is 2.43 bits per heavy atom. The SMILES string of the molecule is O=C1OCC2=C1[C@H](c1ccc([N+](=O)[O-])cc1)CC(=O)N2c1cccc(C(F)(F)F)c1. The van der Waals surface area contributed by atoms with Gasteiger partial charge in [-0.05, 0) is 23.8 Å². The number of non-ortho nitro benzene ring substituents is 1. The summed E-state index contributed by atoms with van der Waals surface area (Å²) in [5.41, 5.74) is -0.223. The number of ether oxygens (including phenoxy) is 1. The summed E-state index contributed by atoms with van der Waals surface area (Å²) in [4.78, 5) is 36.6. The van der Waals surface area contributed by atoms with Gasteiger partial charge in [0.15, 0.2) is 0 Å². The molecular weight excluding hydrogens is 405 g/mol. The zero-order valence-electron chi connectivity index (χ0n) is 15.2. The Morgan fingerprint density at radius 1 is 1.10 bits per heavy atom. The van der Waals surface area contributed by atoms with Crippen molar-refractivity contribution in [2.75, 3.05) is 11.5 Å². The molecule has 0 aromatic heterocycles. The molecule has 10 heteroatoms. The van der Waals surface area contributed by atoms with Gasteiger partial charge in [0.25, 0.3) is 5.69 Å². The van der Waals surface area contributed by atoms with Gasteiger partial charge < -0.3 is 4.74 Å². The van der Waals surface area contributed by atoms with E-state index in [0.29, 0.717) is 5.56 Å². The molecule has 2 aromatic carbocycles. The largest absolute Gasteiger partial charge is 0.456 e. The van der Waals surface area contributed by atoms with Gasteiger partial charge in [0.2, 0.25) is 5.91 Å². The molecule has 2 aliphatic heterocycles. The first-order valence-electron chi connectivity index (χ1n) is 8.81. The molecule has 0 spiro atoms. The van der Waals surface area contributed by atoms with Gasteiger partial charge in [0.1, 0.15) is 6.61 Å². The van der Waals surface area contributed by atoms with E-state index in [-0.39, 0.29) is 35.7 Å². The lowest BCUT2D eigenvalue weighted by Gasteiger charge is -2.32. The van der Waals surface area contributed by atoms with Crippen LogP contribution in [0.5, 0.6) is 0 Å². The van der Waals surface area contributed by atoms with Crippen LogP contribution < -0.4 is 4.90 Å². The van der Waals surface area contributed by atoms with Gasteiger partial charge in [-0.1, -0.05) is 18.2 Å². The number of hydrogen-bond donors (Lipinski definition) is 0. The fourth-order valence-corrected chi connectivity index (χ4v) is 3.69. The molecule has 1 atom stereocenters. The molecule has 0 aliphatic carbocycles. The molecule has 7 nitrogen and oxygen atoms in total. The van der Waals surface area contributed by atoms with E-state index in [4.69, 9.17) is 4.74 Å². The van der Waals surface area contributed by atoms with Gasteiger partial charge in [-0.2, -0.15) is 13.2 Å². The van der Waals surface area contributed by atoms with E-state index in [9.17, 15) is 32.9 Å². The highest BCUT2D eigenvalue weighted by Gasteiger charge is 2.43. The second-order valence-corrected chi connectivity index (χ2v) is 6.82. The molecule has 154 valence electrons. The van der Waals surface area contributed by atoms with E-state index >= 15 is 0 Å². The van der Waals surface area contributed by atoms with Crippen molar-refractivity contribution in [1.82, 2.24) is 0 Å². The highest BCUT2D eigenvalue weighted by molar-refractivity contribution is 6.06. The third kappa shape index (κ3) is 3.30. The molecule has 1 amide bonds. The van der Waals surface area contributed by atoms with E-state index in [2.05, 4.69) is 0 Å². The highest BCUT2D eigenvalue weighted by atomic mass is 19.4. The van der Waals surface area contributed by atoms with E-state index in [1.54, 1.807) is 0 Å². The lowest BCUT2D eigenvalue weighted by molar-refractivity contribution is -0.384. The molecule has 0 unspecified atom stereocenters. The van der Waals surface area contributed by atoms with Crippen molar-refractivity contribution in [1.29, 1.82) is 0 Å². The van der Waals surface area contributed by atoms with E-state index in [0.717, 1.165) is 17.0 Å². The van der Waals surface area contributed by atoms with Crippen molar-refractivity contribution in [3.63, 3.8) is 0 Å². The molecule has 0 saturated heterocycles. The quantitative estimate of drug-likeness (QED) is 0.428. The maximum Gasteiger partial charge on any atom is 0.416 e. The molecule has 0 radical (unpaired) electrons. The van der Waals surface area contributed by atoms with Crippen molar-refractivity contribution in [2.45, 2.75) is 18.5 Å². The molecule has 30 heavy (non-hydrogen) atoms. The van der Waals surface area contributed by atoms with Gasteiger partial charge in [0, 0.05) is 30.2 Å². The van der Waals surface area contributed by atoms with E-state index in [1.807, 2.05) is 0 Å². The minimum Gasteiger partial charge on any atom is -0.456 e. The standard InChI is InChI=1S/C20H13F3N2O5/c21-20(22,23)12-2-1-3-14(8-12)24-16-10-30-19(27)18(16)15(9-17(24)26)11-4-6-13(7-5-11)25(28)29/h1-8,15H,9-10H2/t15-/m0/s1. The van der Waals surface area contributed by atoms with E-state index < -0.39 is 34.5 Å². The predicted molar refractivity (Wildman–Crippen MR) is 97.4 cm³/mol. The average Bonchev–Trinajstić information content (AvgIpc) is 3.08. The monoisotopic (exact) mass is 418 g/mol. The second-order valence-electron chi connectivity index (χ2n) is 6.82. The lowest BCUT2D eigenvalue weighted by Crippen LogP contribution is -2.37. The Labute approximate surface area is 167 Å². The minimum atomic E-state index is -4.59. The Balaban J connectivity index is 1.78. The minimum absolute atomic E-state index is 0.0113. The zero-order valence-corrected chi connectivity index (χ0v) is 15.2. The van der Waals surface area contributed by atoms with Crippen LogP contribution in [0.4, 0.5) is 24.5 Å². The summed E-state index contributed by atoms with van der Waals surface area (Å²) in [7, 11) is 0.